The number of hydrogen-bond donors (Lipinski definition) is 0. The number of rotatable bonds is 4. The Hall–Kier alpha value is -0.630. The largest absolute Gasteiger partial charge is 0.217 e. The van der Waals surface area contributed by atoms with Crippen molar-refractivity contribution < 1.29 is 0 Å². The molecular formula is C13H15IN4S. The molecule has 100 valence electrons. The number of thioether (sulfide) groups is 1. The van der Waals surface area contributed by atoms with Crippen LogP contribution in [0.3, 0.4) is 0 Å². The van der Waals surface area contributed by atoms with E-state index in [0.717, 1.165) is 10.9 Å². The van der Waals surface area contributed by atoms with Gasteiger partial charge in [-0.05, 0) is 63.6 Å². The van der Waals surface area contributed by atoms with Gasteiger partial charge in [-0.2, -0.15) is 0 Å². The molecule has 1 aromatic carbocycles. The van der Waals surface area contributed by atoms with E-state index >= 15 is 0 Å². The van der Waals surface area contributed by atoms with Crippen molar-refractivity contribution in [3.05, 3.63) is 33.4 Å². The fourth-order valence-electron chi connectivity index (χ4n) is 2.39. The molecule has 1 aromatic heterocycles. The molecule has 0 radical (unpaired) electrons. The number of aromatic nitrogens is 4. The molecule has 0 atom stereocenters. The predicted octanol–water partition coefficient (Wildman–Crippen LogP) is 3.69. The minimum absolute atomic E-state index is 0.509. The highest BCUT2D eigenvalue weighted by molar-refractivity contribution is 14.1. The van der Waals surface area contributed by atoms with Crippen molar-refractivity contribution in [1.29, 1.82) is 0 Å². The predicted molar refractivity (Wildman–Crippen MR) is 84.0 cm³/mol. The maximum atomic E-state index is 4.16. The number of hydrogen-bond acceptors (Lipinski definition) is 4. The van der Waals surface area contributed by atoms with Crippen molar-refractivity contribution in [2.24, 2.45) is 0 Å². The van der Waals surface area contributed by atoms with E-state index in [2.05, 4.69) is 62.4 Å². The van der Waals surface area contributed by atoms with Crippen LogP contribution < -0.4 is 0 Å². The van der Waals surface area contributed by atoms with Gasteiger partial charge in [0.1, 0.15) is 0 Å². The highest BCUT2D eigenvalue weighted by atomic mass is 127. The maximum Gasteiger partial charge on any atom is 0.209 e. The first kappa shape index (κ1) is 13.4. The zero-order valence-electron chi connectivity index (χ0n) is 10.5. The average molecular weight is 386 g/mol. The molecule has 0 spiro atoms. The van der Waals surface area contributed by atoms with Crippen molar-refractivity contribution in [1.82, 2.24) is 20.2 Å². The molecule has 1 fully saturated rings. The van der Waals surface area contributed by atoms with Crippen molar-refractivity contribution in [3.63, 3.8) is 0 Å². The van der Waals surface area contributed by atoms with Gasteiger partial charge in [0.2, 0.25) is 5.16 Å². The fraction of sp³-hybridized carbons (Fsp3) is 0.462. The second-order valence-corrected chi connectivity index (χ2v) is 6.95. The van der Waals surface area contributed by atoms with Crippen LogP contribution >= 0.6 is 34.4 Å². The van der Waals surface area contributed by atoms with Crippen LogP contribution in [0.2, 0.25) is 0 Å². The van der Waals surface area contributed by atoms with E-state index in [1.165, 1.54) is 34.8 Å². The molecule has 1 aliphatic rings. The van der Waals surface area contributed by atoms with Gasteiger partial charge in [0.05, 0.1) is 6.04 Å². The molecule has 0 saturated heterocycles. The van der Waals surface area contributed by atoms with E-state index < -0.39 is 0 Å². The summed E-state index contributed by atoms with van der Waals surface area (Å²) in [7, 11) is 0. The van der Waals surface area contributed by atoms with Gasteiger partial charge in [-0.3, -0.25) is 0 Å². The lowest BCUT2D eigenvalue weighted by Crippen LogP contribution is -2.08. The van der Waals surface area contributed by atoms with Crippen molar-refractivity contribution in [3.8, 4) is 0 Å². The Morgan fingerprint density at radius 3 is 2.68 bits per heavy atom. The van der Waals surface area contributed by atoms with Crippen LogP contribution in [0.1, 0.15) is 37.3 Å². The van der Waals surface area contributed by atoms with E-state index in [1.807, 2.05) is 4.68 Å². The minimum atomic E-state index is 0.509. The standard InChI is InChI=1S/C13H15IN4S/c14-11-7-5-10(6-8-11)9-19-13-15-16-17-18(13)12-3-1-2-4-12/h5-8,12H,1-4,9H2. The molecule has 2 aromatic rings. The summed E-state index contributed by atoms with van der Waals surface area (Å²) in [6, 6.07) is 9.11. The molecule has 0 aliphatic heterocycles. The minimum Gasteiger partial charge on any atom is -0.217 e. The fourth-order valence-corrected chi connectivity index (χ4v) is 3.65. The molecule has 1 heterocycles. The van der Waals surface area contributed by atoms with Gasteiger partial charge >= 0.3 is 0 Å². The first-order valence-electron chi connectivity index (χ1n) is 6.48. The Bertz CT molecular complexity index is 534. The zero-order chi connectivity index (χ0) is 13.1. The molecular weight excluding hydrogens is 371 g/mol. The SMILES string of the molecule is Ic1ccc(CSc2nnnn2C2CCCC2)cc1. The van der Waals surface area contributed by atoms with Crippen LogP contribution in [0.5, 0.6) is 0 Å². The third kappa shape index (κ3) is 3.28. The van der Waals surface area contributed by atoms with Crippen LogP contribution in [-0.2, 0) is 5.75 Å². The highest BCUT2D eigenvalue weighted by Crippen LogP contribution is 2.32. The highest BCUT2D eigenvalue weighted by Gasteiger charge is 2.21. The molecule has 3 rings (SSSR count). The van der Waals surface area contributed by atoms with Gasteiger partial charge in [-0.25, -0.2) is 4.68 Å². The van der Waals surface area contributed by atoms with E-state index in [-0.39, 0.29) is 0 Å². The first-order valence-corrected chi connectivity index (χ1v) is 8.54. The Kier molecular flexibility index (Phi) is 4.37. The summed E-state index contributed by atoms with van der Waals surface area (Å²) < 4.78 is 3.28. The summed E-state index contributed by atoms with van der Waals surface area (Å²) in [5.74, 6) is 0.921. The van der Waals surface area contributed by atoms with Gasteiger partial charge < -0.3 is 0 Å². The lowest BCUT2D eigenvalue weighted by atomic mass is 10.2. The summed E-state index contributed by atoms with van der Waals surface area (Å²) in [4.78, 5) is 0. The Morgan fingerprint density at radius 2 is 1.95 bits per heavy atom. The van der Waals surface area contributed by atoms with E-state index in [0.29, 0.717) is 6.04 Å². The smallest absolute Gasteiger partial charge is 0.209 e. The van der Waals surface area contributed by atoms with E-state index in [9.17, 15) is 0 Å². The van der Waals surface area contributed by atoms with Crippen molar-refractivity contribution >= 4 is 34.4 Å². The summed E-state index contributed by atoms with van der Waals surface area (Å²) in [6.07, 6.45) is 5.02. The average Bonchev–Trinajstić information content (AvgIpc) is 3.08. The van der Waals surface area contributed by atoms with E-state index in [1.54, 1.807) is 11.8 Å². The summed E-state index contributed by atoms with van der Waals surface area (Å²) >= 11 is 4.05. The monoisotopic (exact) mass is 386 g/mol. The lowest BCUT2D eigenvalue weighted by molar-refractivity contribution is 0.423. The van der Waals surface area contributed by atoms with Gasteiger partial charge in [0.15, 0.2) is 0 Å². The lowest BCUT2D eigenvalue weighted by Gasteiger charge is -2.10. The van der Waals surface area contributed by atoms with Gasteiger partial charge in [-0.15, -0.1) is 5.10 Å². The van der Waals surface area contributed by atoms with Crippen LogP contribution in [0.15, 0.2) is 29.4 Å². The molecule has 4 nitrogen and oxygen atoms in total. The molecule has 0 amide bonds. The normalized spacial score (nSPS) is 16.1. The molecule has 19 heavy (non-hydrogen) atoms. The molecule has 1 saturated carbocycles. The second kappa shape index (κ2) is 6.21. The summed E-state index contributed by atoms with van der Waals surface area (Å²) in [5, 5.41) is 13.1. The van der Waals surface area contributed by atoms with Gasteiger partial charge in [-0.1, -0.05) is 36.7 Å². The number of halogens is 1. The third-order valence-corrected chi connectivity index (χ3v) is 5.14. The number of benzene rings is 1. The molecule has 0 unspecified atom stereocenters. The topological polar surface area (TPSA) is 43.6 Å². The quantitative estimate of drug-likeness (QED) is 0.594. The summed E-state index contributed by atoms with van der Waals surface area (Å²) in [5.41, 5.74) is 1.31. The Balaban J connectivity index is 1.66. The molecule has 0 bridgehead atoms. The Morgan fingerprint density at radius 1 is 1.21 bits per heavy atom. The molecule has 1 aliphatic carbocycles. The molecule has 0 N–H and O–H groups in total. The Labute approximate surface area is 130 Å². The van der Waals surface area contributed by atoms with Crippen molar-refractivity contribution in [2.75, 3.05) is 0 Å². The van der Waals surface area contributed by atoms with Crippen molar-refractivity contribution in [2.45, 2.75) is 42.6 Å². The van der Waals surface area contributed by atoms with Gasteiger partial charge in [0, 0.05) is 9.32 Å². The van der Waals surface area contributed by atoms with E-state index in [4.69, 9.17) is 0 Å². The first-order chi connectivity index (χ1) is 9.33. The van der Waals surface area contributed by atoms with Crippen LogP contribution in [0.4, 0.5) is 0 Å². The van der Waals surface area contributed by atoms with Gasteiger partial charge in [0.25, 0.3) is 0 Å². The van der Waals surface area contributed by atoms with Crippen LogP contribution in [0, 0.1) is 3.57 Å². The van der Waals surface area contributed by atoms with Crippen LogP contribution in [0.25, 0.3) is 0 Å². The van der Waals surface area contributed by atoms with Crippen LogP contribution in [-0.4, -0.2) is 20.2 Å². The maximum absolute atomic E-state index is 4.16. The number of nitrogens with zero attached hydrogens (tertiary/aromatic N) is 4. The molecule has 6 heteroatoms. The third-order valence-electron chi connectivity index (χ3n) is 3.41. The zero-order valence-corrected chi connectivity index (χ0v) is 13.5. The summed E-state index contributed by atoms with van der Waals surface area (Å²) in [6.45, 7) is 0. The second-order valence-electron chi connectivity index (χ2n) is 4.76. The number of tetrazole rings is 1.